The average Bonchev–Trinajstić information content (AvgIpc) is 2.35. The largest absolute Gasteiger partial charge is 0.444 e. The van der Waals surface area contributed by atoms with Crippen molar-refractivity contribution in [3.63, 3.8) is 0 Å². The van der Waals surface area contributed by atoms with Crippen LogP contribution < -0.4 is 5.73 Å². The van der Waals surface area contributed by atoms with Crippen molar-refractivity contribution < 1.29 is 4.42 Å². The van der Waals surface area contributed by atoms with Crippen molar-refractivity contribution in [2.75, 3.05) is 5.73 Å². The van der Waals surface area contributed by atoms with Crippen LogP contribution in [0.15, 0.2) is 29.1 Å². The summed E-state index contributed by atoms with van der Waals surface area (Å²) >= 11 is 0. The Bertz CT molecular complexity index is 320. The number of aromatic nitrogens is 1. The molecule has 0 saturated carbocycles. The predicted octanol–water partition coefficient (Wildman–Crippen LogP) is 1.11. The van der Waals surface area contributed by atoms with Gasteiger partial charge in [-0.2, -0.15) is 0 Å². The summed E-state index contributed by atoms with van der Waals surface area (Å²) in [5.74, 6) is 0. The van der Waals surface area contributed by atoms with Crippen molar-refractivity contribution in [1.82, 2.24) is 4.40 Å². The van der Waals surface area contributed by atoms with Gasteiger partial charge in [0.1, 0.15) is 6.26 Å². The Morgan fingerprint density at radius 2 is 2.33 bits per heavy atom. The molecule has 0 aliphatic heterocycles. The topological polar surface area (TPSA) is 43.6 Å². The van der Waals surface area contributed by atoms with Gasteiger partial charge in [-0.05, 0) is 6.07 Å². The summed E-state index contributed by atoms with van der Waals surface area (Å²) in [6, 6.07) is 1.80. The summed E-state index contributed by atoms with van der Waals surface area (Å²) in [6.07, 6.45) is 5.27. The molecule has 2 aromatic rings. The van der Waals surface area contributed by atoms with Gasteiger partial charge in [0.2, 0.25) is 5.71 Å². The van der Waals surface area contributed by atoms with Gasteiger partial charge < -0.3 is 10.2 Å². The molecule has 3 nitrogen and oxygen atoms in total. The Morgan fingerprint density at radius 1 is 1.44 bits per heavy atom. The second kappa shape index (κ2) is 1.31. The molecule has 0 fully saturated rings. The third-order valence-electron chi connectivity index (χ3n) is 1.30. The Hall–Kier alpha value is -1.38. The van der Waals surface area contributed by atoms with Crippen molar-refractivity contribution in [2.24, 2.45) is 0 Å². The molecule has 3 heteroatoms. The fourth-order valence-corrected chi connectivity index (χ4v) is 0.855. The first kappa shape index (κ1) is 4.49. The predicted molar refractivity (Wildman–Crippen MR) is 34.1 cm³/mol. The van der Waals surface area contributed by atoms with E-state index in [1.807, 2.05) is 16.8 Å². The molecule has 0 radical (unpaired) electrons. The van der Waals surface area contributed by atoms with Crippen LogP contribution >= 0.6 is 0 Å². The second-order valence-electron chi connectivity index (χ2n) is 1.89. The van der Waals surface area contributed by atoms with E-state index in [2.05, 4.69) is 0 Å². The third-order valence-corrected chi connectivity index (χ3v) is 1.30. The molecule has 2 heterocycles. The fraction of sp³-hybridized carbons (Fsp3) is 0. The Balaban J connectivity index is 2.99. The summed E-state index contributed by atoms with van der Waals surface area (Å²) in [5.41, 5.74) is 6.90. The first-order valence-electron chi connectivity index (χ1n) is 2.67. The highest BCUT2D eigenvalue weighted by molar-refractivity contribution is 5.62. The van der Waals surface area contributed by atoms with E-state index in [-0.39, 0.29) is 0 Å². The van der Waals surface area contributed by atoms with E-state index in [0.717, 1.165) is 5.71 Å². The van der Waals surface area contributed by atoms with Crippen LogP contribution in [0.3, 0.4) is 0 Å². The van der Waals surface area contributed by atoms with Crippen molar-refractivity contribution in [2.45, 2.75) is 0 Å². The van der Waals surface area contributed by atoms with Crippen LogP contribution in [0.4, 0.5) is 5.69 Å². The zero-order valence-electron chi connectivity index (χ0n) is 4.74. The van der Waals surface area contributed by atoms with Crippen LogP contribution in [0.5, 0.6) is 0 Å². The molecule has 0 aromatic carbocycles. The number of hydrogen-bond acceptors (Lipinski definition) is 2. The van der Waals surface area contributed by atoms with Crippen molar-refractivity contribution in [3.05, 3.63) is 24.7 Å². The maximum Gasteiger partial charge on any atom is 0.226 e. The standard InChI is InChI=1S/C6H6N2O/c7-5-1-2-8-3-4-9-6(5)8/h1-4H,7H2. The van der Waals surface area contributed by atoms with Crippen LogP contribution in [0.1, 0.15) is 0 Å². The quantitative estimate of drug-likeness (QED) is 0.568. The Labute approximate surface area is 51.7 Å². The molecule has 0 bridgehead atoms. The minimum absolute atomic E-state index is 0.681. The Kier molecular flexibility index (Phi) is 0.656. The van der Waals surface area contributed by atoms with Crippen molar-refractivity contribution >= 4 is 11.4 Å². The van der Waals surface area contributed by atoms with Crippen LogP contribution in [0.25, 0.3) is 5.71 Å². The van der Waals surface area contributed by atoms with Gasteiger partial charge in [-0.25, -0.2) is 0 Å². The van der Waals surface area contributed by atoms with Crippen LogP contribution in [0, 0.1) is 0 Å². The summed E-state index contributed by atoms with van der Waals surface area (Å²) in [7, 11) is 0. The van der Waals surface area contributed by atoms with E-state index in [1.165, 1.54) is 0 Å². The molecule has 0 atom stereocenters. The third kappa shape index (κ3) is 0.455. The van der Waals surface area contributed by atoms with Crippen molar-refractivity contribution in [1.29, 1.82) is 0 Å². The average molecular weight is 122 g/mol. The van der Waals surface area contributed by atoms with Crippen LogP contribution in [-0.2, 0) is 0 Å². The molecule has 0 saturated heterocycles. The van der Waals surface area contributed by atoms with E-state index in [9.17, 15) is 0 Å². The number of rotatable bonds is 0. The number of nitrogens with zero attached hydrogens (tertiary/aromatic N) is 1. The minimum atomic E-state index is 0.681. The molecular weight excluding hydrogens is 116 g/mol. The number of nitrogens with two attached hydrogens (primary N) is 1. The zero-order valence-corrected chi connectivity index (χ0v) is 4.74. The molecule has 9 heavy (non-hydrogen) atoms. The highest BCUT2D eigenvalue weighted by atomic mass is 16.3. The Morgan fingerprint density at radius 3 is 3.11 bits per heavy atom. The summed E-state index contributed by atoms with van der Waals surface area (Å²) in [5, 5.41) is 0. The summed E-state index contributed by atoms with van der Waals surface area (Å²) in [4.78, 5) is 0. The lowest BCUT2D eigenvalue weighted by atomic mass is 10.6. The molecule has 2 aromatic heterocycles. The SMILES string of the molecule is Nc1ccn2ccoc12. The normalized spacial score (nSPS) is 10.7. The minimum Gasteiger partial charge on any atom is -0.444 e. The molecule has 2 rings (SSSR count). The van der Waals surface area contributed by atoms with Crippen molar-refractivity contribution in [3.8, 4) is 0 Å². The second-order valence-corrected chi connectivity index (χ2v) is 1.89. The van der Waals surface area contributed by atoms with Crippen LogP contribution in [-0.4, -0.2) is 4.40 Å². The molecule has 0 unspecified atom stereocenters. The van der Waals surface area contributed by atoms with Crippen LogP contribution in [0.2, 0.25) is 0 Å². The molecule has 0 spiro atoms. The van der Waals surface area contributed by atoms with Gasteiger partial charge in [0.15, 0.2) is 0 Å². The lowest BCUT2D eigenvalue weighted by molar-refractivity contribution is 0.610. The highest BCUT2D eigenvalue weighted by Gasteiger charge is 1.97. The monoisotopic (exact) mass is 122 g/mol. The summed E-state index contributed by atoms with van der Waals surface area (Å²) < 4.78 is 6.86. The maximum atomic E-state index is 5.51. The number of oxazole rings is 1. The highest BCUT2D eigenvalue weighted by Crippen LogP contribution is 2.13. The smallest absolute Gasteiger partial charge is 0.226 e. The van der Waals surface area contributed by atoms with Gasteiger partial charge in [-0.3, -0.25) is 4.40 Å². The van der Waals surface area contributed by atoms with Gasteiger partial charge in [0.05, 0.1) is 5.69 Å². The molecule has 0 aliphatic carbocycles. The van der Waals surface area contributed by atoms with E-state index in [4.69, 9.17) is 10.2 Å². The first-order valence-corrected chi connectivity index (χ1v) is 2.67. The molecule has 0 aliphatic rings. The van der Waals surface area contributed by atoms with Gasteiger partial charge in [0.25, 0.3) is 0 Å². The molecule has 0 amide bonds. The maximum absolute atomic E-state index is 5.51. The molecular formula is C6H6N2O. The van der Waals surface area contributed by atoms with Gasteiger partial charge in [-0.1, -0.05) is 0 Å². The fourth-order valence-electron chi connectivity index (χ4n) is 0.855. The van der Waals surface area contributed by atoms with Gasteiger partial charge in [0, 0.05) is 12.4 Å². The number of anilines is 1. The number of nitrogen functional groups attached to an aromatic ring is 1. The number of fused-ring (bicyclic) bond motifs is 1. The van der Waals surface area contributed by atoms with Gasteiger partial charge in [-0.15, -0.1) is 0 Å². The van der Waals surface area contributed by atoms with E-state index >= 15 is 0 Å². The summed E-state index contributed by atoms with van der Waals surface area (Å²) in [6.45, 7) is 0. The van der Waals surface area contributed by atoms with E-state index in [0.29, 0.717) is 5.69 Å². The lowest BCUT2D eigenvalue weighted by Gasteiger charge is -1.79. The molecule has 46 valence electrons. The molecule has 2 N–H and O–H groups in total. The van der Waals surface area contributed by atoms with E-state index < -0.39 is 0 Å². The first-order chi connectivity index (χ1) is 4.38. The zero-order chi connectivity index (χ0) is 6.27. The number of hydrogen-bond donors (Lipinski definition) is 1. The van der Waals surface area contributed by atoms with Gasteiger partial charge >= 0.3 is 0 Å². The lowest BCUT2D eigenvalue weighted by Crippen LogP contribution is -1.79. The van der Waals surface area contributed by atoms with E-state index in [1.54, 1.807) is 12.3 Å².